The Kier molecular flexibility index (Phi) is 18.4. The number of aliphatic hydroxyl groups excluding tert-OH is 1. The average Bonchev–Trinajstić information content (AvgIpc) is 1.33. The van der Waals surface area contributed by atoms with E-state index in [-0.39, 0.29) is 6.61 Å². The first-order valence-electron chi connectivity index (χ1n) is 1.68. The fourth-order valence-electron chi connectivity index (χ4n) is 0. The molecule has 0 saturated carbocycles. The Balaban J connectivity index is 0. The molecule has 0 spiro atoms. The van der Waals surface area contributed by atoms with E-state index in [4.69, 9.17) is 25.5 Å². The van der Waals surface area contributed by atoms with Gasteiger partial charge in [-0.2, -0.15) is 0 Å². The number of halogens is 3. The molecule has 0 radical (unpaired) electrons. The van der Waals surface area contributed by atoms with E-state index in [0.717, 1.165) is 0 Å². The Hall–Kier alpha value is 2.02. The summed E-state index contributed by atoms with van der Waals surface area (Å²) in [5, 5.41) is 7.57. The Morgan fingerprint density at radius 2 is 1.43 bits per heavy atom. The number of hydrogen-bond acceptors (Lipinski definition) is 1. The minimum absolute atomic E-state index is 0.250. The molecule has 0 aliphatic rings. The molecule has 0 aliphatic heterocycles. The van der Waals surface area contributed by atoms with Gasteiger partial charge in [0.2, 0.25) is 0 Å². The Labute approximate surface area is 63.7 Å². The molecule has 0 rings (SSSR count). The second-order valence-electron chi connectivity index (χ2n) is 0.564. The molecule has 0 heterocycles. The van der Waals surface area contributed by atoms with Crippen LogP contribution in [0.1, 0.15) is 6.92 Å². The van der Waals surface area contributed by atoms with Gasteiger partial charge < -0.3 is 5.11 Å². The summed E-state index contributed by atoms with van der Waals surface area (Å²) in [4.78, 5) is 0. The molecule has 0 unspecified atom stereocenters. The number of rotatable bonds is 0. The van der Waals surface area contributed by atoms with Crippen LogP contribution in [0.2, 0.25) is 0 Å². The minimum atomic E-state index is -2.31. The molecule has 0 amide bonds. The van der Waals surface area contributed by atoms with Crippen molar-refractivity contribution in [2.45, 2.75) is 6.92 Å². The van der Waals surface area contributed by atoms with Gasteiger partial charge in [0, 0.05) is 6.61 Å². The summed E-state index contributed by atoms with van der Waals surface area (Å²) in [7, 11) is 0. The van der Waals surface area contributed by atoms with Crippen molar-refractivity contribution in [3.8, 4) is 0 Å². The second kappa shape index (κ2) is 10.9. The maximum absolute atomic E-state index is 7.57. The molecule has 5 heteroatoms. The summed E-state index contributed by atoms with van der Waals surface area (Å²) in [6, 6.07) is 0. The van der Waals surface area contributed by atoms with Crippen LogP contribution in [0, 0.1) is 25.7 Å². The first kappa shape index (κ1) is 11.8. The van der Waals surface area contributed by atoms with Gasteiger partial charge in [-0.25, -0.2) is 0 Å². The van der Waals surface area contributed by atoms with Crippen LogP contribution in [-0.2, 0) is 0 Å². The Bertz CT molecular complexity index is 24.1. The molecule has 1 N–H and O–H groups in total. The van der Waals surface area contributed by atoms with Gasteiger partial charge >= 0.3 is 46.0 Å². The Morgan fingerprint density at radius 3 is 1.43 bits per heavy atom. The third kappa shape index (κ3) is 71.0. The first-order valence-corrected chi connectivity index (χ1v) is 15.3. The average molecular weight is 291 g/mol. The summed E-state index contributed by atoms with van der Waals surface area (Å²) in [5.41, 5.74) is 0. The van der Waals surface area contributed by atoms with Crippen LogP contribution < -0.4 is 0 Å². The molecule has 0 bridgehead atoms. The molecule has 0 aromatic rings. The summed E-state index contributed by atoms with van der Waals surface area (Å²) >= 11 is -2.31. The quantitative estimate of drug-likeness (QED) is 0.724. The van der Waals surface area contributed by atoms with E-state index in [9.17, 15) is 0 Å². The van der Waals surface area contributed by atoms with E-state index in [1.165, 1.54) is 0 Å². The van der Waals surface area contributed by atoms with Gasteiger partial charge in [0.05, 0.1) is 0 Å². The van der Waals surface area contributed by atoms with Gasteiger partial charge in [-0.05, 0) is 6.92 Å². The number of aliphatic hydroxyl groups is 1. The van der Waals surface area contributed by atoms with Gasteiger partial charge in [-0.15, -0.1) is 0 Å². The fraction of sp³-hybridized carbons (Fsp3) is 1.00. The molecule has 0 fully saturated rings. The second-order valence-corrected chi connectivity index (χ2v) is 16.5. The van der Waals surface area contributed by atoms with E-state index >= 15 is 0 Å². The third-order valence-electron chi connectivity index (χ3n) is 0. The van der Waals surface area contributed by atoms with E-state index in [0.29, 0.717) is 0 Å². The molecule has 7 heavy (non-hydrogen) atoms. The summed E-state index contributed by atoms with van der Waals surface area (Å²) in [6.45, 7) is 17.0. The normalized spacial score (nSPS) is 6.43. The maximum atomic E-state index is 7.57. The van der Waals surface area contributed by atoms with Crippen LogP contribution in [0.25, 0.3) is 0 Å². The van der Waals surface area contributed by atoms with E-state index in [2.05, 4.69) is 0 Å². The van der Waals surface area contributed by atoms with Gasteiger partial charge in [-0.1, -0.05) is 0 Å². The monoisotopic (exact) mass is 290 g/mol. The van der Waals surface area contributed by atoms with Crippen molar-refractivity contribution >= 4 is 20.4 Å². The van der Waals surface area contributed by atoms with Gasteiger partial charge in [-0.3, -0.25) is 0 Å². The molecule has 44 valence electrons. The predicted octanol–water partition coefficient (Wildman–Crippen LogP) is 2.07. The van der Waals surface area contributed by atoms with Crippen LogP contribution in [0.15, 0.2) is 0 Å². The van der Waals surface area contributed by atoms with E-state index in [1.807, 2.05) is 0 Å². The van der Waals surface area contributed by atoms with E-state index in [1.54, 1.807) is 6.92 Å². The molecule has 0 saturated heterocycles. The van der Waals surface area contributed by atoms with Crippen LogP contribution >= 0.6 is 20.4 Å². The molecule has 0 aromatic heterocycles. The molecule has 0 atom stereocenters. The zero-order valence-corrected chi connectivity index (χ0v) is 9.76. The number of hydrogen-bond donors (Lipinski definition) is 1. The molecular weight excluding hydrogens is 285 g/mol. The molecule has 1 nitrogen and oxygen atoms in total. The van der Waals surface area contributed by atoms with Crippen molar-refractivity contribution in [2.75, 3.05) is 6.61 Å². The van der Waals surface area contributed by atoms with Crippen molar-refractivity contribution in [3.63, 3.8) is 0 Å². The van der Waals surface area contributed by atoms with Gasteiger partial charge in [0.15, 0.2) is 0 Å². The first-order chi connectivity index (χ1) is 3.15. The predicted molar refractivity (Wildman–Crippen MR) is 30.3 cm³/mol. The Morgan fingerprint density at radius 1 is 1.43 bits per heavy atom. The summed E-state index contributed by atoms with van der Waals surface area (Å²) in [5.74, 6) is 0. The van der Waals surface area contributed by atoms with Crippen molar-refractivity contribution in [1.29, 1.82) is 0 Å². The van der Waals surface area contributed by atoms with Crippen LogP contribution in [0.4, 0.5) is 0 Å². The van der Waals surface area contributed by atoms with Crippen molar-refractivity contribution in [3.05, 3.63) is 0 Å². The zero-order chi connectivity index (χ0) is 6.28. The standard InChI is InChI=1S/C2H6O.3ClH.La/c1-2-3;;;;/h3H,2H2,1H3;3*1H;/q;;;;+3/p-3. The van der Waals surface area contributed by atoms with Crippen LogP contribution in [0.5, 0.6) is 0 Å². The molecule has 0 aliphatic carbocycles. The van der Waals surface area contributed by atoms with Gasteiger partial charge in [0.25, 0.3) is 0 Å². The van der Waals surface area contributed by atoms with E-state index < -0.39 is 25.7 Å². The molecular formula is C2H6Cl3LaO. The van der Waals surface area contributed by atoms with Crippen LogP contribution in [0.3, 0.4) is 0 Å². The third-order valence-corrected chi connectivity index (χ3v) is 0. The van der Waals surface area contributed by atoms with Crippen molar-refractivity contribution < 1.29 is 30.8 Å². The fourth-order valence-corrected chi connectivity index (χ4v) is 0. The molecule has 0 aromatic carbocycles. The van der Waals surface area contributed by atoms with Crippen LogP contribution in [-0.4, -0.2) is 11.7 Å². The van der Waals surface area contributed by atoms with Crippen molar-refractivity contribution in [2.24, 2.45) is 0 Å². The zero-order valence-electron chi connectivity index (χ0n) is 3.87. The summed E-state index contributed by atoms with van der Waals surface area (Å²) in [6.07, 6.45) is 0. The van der Waals surface area contributed by atoms with Crippen molar-refractivity contribution in [1.82, 2.24) is 0 Å². The topological polar surface area (TPSA) is 20.2 Å². The summed E-state index contributed by atoms with van der Waals surface area (Å²) < 4.78 is 0. The SMILES string of the molecule is CCO.[Cl][La]([Cl])[Cl]. The van der Waals surface area contributed by atoms with Gasteiger partial charge in [0.1, 0.15) is 0 Å².